The highest BCUT2D eigenvalue weighted by atomic mass is 35.8. The molecule has 0 aliphatic heterocycles. The first-order valence-electron chi connectivity index (χ1n) is 10.5. The molecule has 0 N–H and O–H groups in total. The van der Waals surface area contributed by atoms with Gasteiger partial charge in [0.1, 0.15) is 0 Å². The maximum absolute atomic E-state index is 12.7. The third kappa shape index (κ3) is 17.6. The lowest BCUT2D eigenvalue weighted by molar-refractivity contribution is -0.284. The van der Waals surface area contributed by atoms with Crippen LogP contribution in [0.1, 0.15) is 103 Å². The molecule has 0 aromatic heterocycles. The summed E-state index contributed by atoms with van der Waals surface area (Å²) in [6.07, 6.45) is 8.30. The first-order valence-corrected chi connectivity index (χ1v) is 15.7. The number of hydrogen-bond acceptors (Lipinski definition) is 0. The Kier molecular flexibility index (Phi) is 15.9. The fourth-order valence-corrected chi connectivity index (χ4v) is 4.97. The Balaban J connectivity index is 3.24. The Hall–Kier alpha value is 0.737. The van der Waals surface area contributed by atoms with Crippen LogP contribution in [0.15, 0.2) is 0 Å². The molecule has 0 aromatic rings. The second-order valence-electron chi connectivity index (χ2n) is 7.62. The quantitative estimate of drug-likeness (QED) is 0.0774. The van der Waals surface area contributed by atoms with Crippen LogP contribution in [0.3, 0.4) is 0 Å². The third-order valence-corrected chi connectivity index (χ3v) is 7.49. The summed E-state index contributed by atoms with van der Waals surface area (Å²) in [6, 6.07) is -1.69. The van der Waals surface area contributed by atoms with E-state index < -0.39 is 24.5 Å². The predicted molar refractivity (Wildman–Crippen MR) is 113 cm³/mol. The molecule has 0 radical (unpaired) electrons. The summed E-state index contributed by atoms with van der Waals surface area (Å²) in [7, 11) is 0. The molecule has 0 rings (SSSR count). The topological polar surface area (TPSA) is 0 Å². The van der Waals surface area contributed by atoms with Crippen molar-refractivity contribution in [2.24, 2.45) is 0 Å². The summed E-state index contributed by atoms with van der Waals surface area (Å²) in [5.41, 5.74) is 0. The van der Waals surface area contributed by atoms with Crippen molar-refractivity contribution < 1.29 is 22.0 Å². The van der Waals surface area contributed by atoms with Gasteiger partial charge in [-0.1, -0.05) is 89.9 Å². The van der Waals surface area contributed by atoms with E-state index in [2.05, 4.69) is 0 Å². The molecule has 0 aromatic carbocycles. The molecule has 9 heteroatoms. The Labute approximate surface area is 182 Å². The van der Waals surface area contributed by atoms with Crippen molar-refractivity contribution in [3.05, 3.63) is 0 Å². The largest absolute Gasteiger partial charge is 0.453 e. The highest BCUT2D eigenvalue weighted by Crippen LogP contribution is 2.39. The van der Waals surface area contributed by atoms with Gasteiger partial charge < -0.3 is 0 Å². The van der Waals surface area contributed by atoms with Crippen LogP contribution in [0.2, 0.25) is 6.04 Å². The molecule has 0 bridgehead atoms. The second kappa shape index (κ2) is 15.5. The summed E-state index contributed by atoms with van der Waals surface area (Å²) in [4.78, 5) is 0. The number of hydrogen-bond donors (Lipinski definition) is 0. The van der Waals surface area contributed by atoms with Crippen LogP contribution >= 0.6 is 33.2 Å². The van der Waals surface area contributed by atoms with E-state index in [4.69, 9.17) is 33.2 Å². The molecule has 0 atom stereocenters. The maximum atomic E-state index is 12.7. The average Bonchev–Trinajstić information content (AvgIpc) is 2.55. The fourth-order valence-electron chi connectivity index (χ4n) is 3.11. The molecule has 170 valence electrons. The Morgan fingerprint density at radius 1 is 0.464 bits per heavy atom. The lowest BCUT2D eigenvalue weighted by Gasteiger charge is -2.19. The zero-order valence-electron chi connectivity index (χ0n) is 16.5. The Morgan fingerprint density at radius 2 is 0.750 bits per heavy atom. The monoisotopic (exact) mass is 490 g/mol. The molecule has 0 fully saturated rings. The molecule has 0 spiro atoms. The number of halogens is 8. The molecule has 0 saturated heterocycles. The molecular formula is C19H34Cl3F5Si. The SMILES string of the molecule is FC(F)(F)C(F)(F)CCCCCCCCCCCCCCCCC[Si](Cl)(Cl)Cl. The molecule has 0 nitrogen and oxygen atoms in total. The van der Waals surface area contributed by atoms with Gasteiger partial charge in [0.25, 0.3) is 0 Å². The van der Waals surface area contributed by atoms with Crippen LogP contribution in [0.4, 0.5) is 22.0 Å². The number of unbranched alkanes of at least 4 members (excludes halogenated alkanes) is 14. The normalized spacial score (nSPS) is 13.3. The van der Waals surface area contributed by atoms with Crippen molar-refractivity contribution in [3.63, 3.8) is 0 Å². The number of rotatable bonds is 18. The molecule has 28 heavy (non-hydrogen) atoms. The van der Waals surface area contributed by atoms with E-state index in [-0.39, 0.29) is 6.42 Å². The van der Waals surface area contributed by atoms with Crippen LogP contribution in [-0.4, -0.2) is 18.1 Å². The van der Waals surface area contributed by atoms with Gasteiger partial charge in [0, 0.05) is 6.42 Å². The van der Waals surface area contributed by atoms with Crippen LogP contribution in [-0.2, 0) is 0 Å². The van der Waals surface area contributed by atoms with E-state index in [1.165, 1.54) is 44.9 Å². The summed E-state index contributed by atoms with van der Waals surface area (Å²) < 4.78 is 61.5. The summed E-state index contributed by atoms with van der Waals surface area (Å²) >= 11 is 17.5. The van der Waals surface area contributed by atoms with E-state index in [0.717, 1.165) is 44.6 Å². The molecule has 0 aliphatic rings. The van der Waals surface area contributed by atoms with Crippen molar-refractivity contribution in [1.82, 2.24) is 0 Å². The van der Waals surface area contributed by atoms with Gasteiger partial charge in [0.15, 0.2) is 0 Å². The van der Waals surface area contributed by atoms with Gasteiger partial charge in [-0.15, -0.1) is 33.2 Å². The zero-order valence-corrected chi connectivity index (χ0v) is 19.8. The first-order chi connectivity index (χ1) is 13.0. The van der Waals surface area contributed by atoms with Crippen molar-refractivity contribution in [2.75, 3.05) is 0 Å². The van der Waals surface area contributed by atoms with E-state index in [1.54, 1.807) is 0 Å². The minimum Gasteiger partial charge on any atom is -0.196 e. The first kappa shape index (κ1) is 28.7. The van der Waals surface area contributed by atoms with Crippen LogP contribution in [0.25, 0.3) is 0 Å². The van der Waals surface area contributed by atoms with Gasteiger partial charge >= 0.3 is 18.1 Å². The number of alkyl halides is 5. The van der Waals surface area contributed by atoms with Crippen LogP contribution in [0.5, 0.6) is 0 Å². The van der Waals surface area contributed by atoms with Crippen LogP contribution < -0.4 is 0 Å². The van der Waals surface area contributed by atoms with Gasteiger partial charge in [-0.3, -0.25) is 0 Å². The van der Waals surface area contributed by atoms with Crippen molar-refractivity contribution in [2.45, 2.75) is 121 Å². The zero-order chi connectivity index (χ0) is 21.5. The Bertz CT molecular complexity index is 374. The highest BCUT2D eigenvalue weighted by molar-refractivity contribution is 7.64. The molecular weight excluding hydrogens is 458 g/mol. The summed E-state index contributed by atoms with van der Waals surface area (Å²) in [6.45, 7) is 0. The van der Waals surface area contributed by atoms with Gasteiger partial charge in [0.05, 0.1) is 0 Å². The lowest BCUT2D eigenvalue weighted by Crippen LogP contribution is -2.36. The highest BCUT2D eigenvalue weighted by Gasteiger charge is 2.56. The lowest BCUT2D eigenvalue weighted by atomic mass is 10.0. The standard InChI is InChI=1S/C19H34Cl3F5Si/c20-28(21,22)17-15-13-11-9-7-5-3-1-2-4-6-8-10-12-14-16-18(23,24)19(25,26)27/h1-17H2. The smallest absolute Gasteiger partial charge is 0.196 e. The van der Waals surface area contributed by atoms with E-state index in [9.17, 15) is 22.0 Å². The third-order valence-electron chi connectivity index (χ3n) is 4.87. The molecule has 0 unspecified atom stereocenters. The van der Waals surface area contributed by atoms with Gasteiger partial charge in [-0.05, 0) is 12.5 Å². The molecule has 0 saturated carbocycles. The Morgan fingerprint density at radius 3 is 1.04 bits per heavy atom. The predicted octanol–water partition coefficient (Wildman–Crippen LogP) is 10.1. The minimum absolute atomic E-state index is 0.0705. The van der Waals surface area contributed by atoms with Gasteiger partial charge in [-0.25, -0.2) is 0 Å². The summed E-state index contributed by atoms with van der Waals surface area (Å²) in [5, 5.41) is 0. The summed E-state index contributed by atoms with van der Waals surface area (Å²) in [5.74, 6) is -4.54. The molecule has 0 amide bonds. The molecule has 0 aliphatic carbocycles. The van der Waals surface area contributed by atoms with Crippen LogP contribution in [0, 0.1) is 0 Å². The van der Waals surface area contributed by atoms with Gasteiger partial charge in [-0.2, -0.15) is 22.0 Å². The fraction of sp³-hybridized carbons (Fsp3) is 1.00. The second-order valence-corrected chi connectivity index (χ2v) is 16.9. The van der Waals surface area contributed by atoms with E-state index in [0.29, 0.717) is 6.42 Å². The minimum atomic E-state index is -5.42. The van der Waals surface area contributed by atoms with Crippen molar-refractivity contribution in [3.8, 4) is 0 Å². The van der Waals surface area contributed by atoms with E-state index in [1.807, 2.05) is 0 Å². The average molecular weight is 492 g/mol. The van der Waals surface area contributed by atoms with Gasteiger partial charge in [0.2, 0.25) is 0 Å². The molecule has 0 heterocycles. The van der Waals surface area contributed by atoms with E-state index >= 15 is 0 Å². The van der Waals surface area contributed by atoms with Crippen molar-refractivity contribution >= 4 is 39.2 Å². The van der Waals surface area contributed by atoms with Crippen molar-refractivity contribution in [1.29, 1.82) is 0 Å². The maximum Gasteiger partial charge on any atom is 0.453 e.